The summed E-state index contributed by atoms with van der Waals surface area (Å²) in [5.41, 5.74) is 0.755. The Morgan fingerprint density at radius 1 is 1.05 bits per heavy atom. The first-order valence-electron chi connectivity index (χ1n) is 6.48. The van der Waals surface area contributed by atoms with Gasteiger partial charge in [-0.2, -0.15) is 0 Å². The average molecular weight is 256 g/mol. The largest absolute Gasteiger partial charge is 0.508 e. The fourth-order valence-corrected chi connectivity index (χ4v) is 1.94. The van der Waals surface area contributed by atoms with Crippen LogP contribution in [0.5, 0.6) is 11.5 Å². The van der Waals surface area contributed by atoms with Gasteiger partial charge >= 0.3 is 0 Å². The number of phenolic OH excluding ortho intramolecular Hbond substituents is 2. The lowest BCUT2D eigenvalue weighted by Crippen LogP contribution is -2.00. The molecule has 1 aromatic heterocycles. The van der Waals surface area contributed by atoms with Gasteiger partial charge in [-0.1, -0.05) is 6.07 Å². The van der Waals surface area contributed by atoms with Crippen LogP contribution in [0.3, 0.4) is 0 Å². The molecule has 0 spiro atoms. The van der Waals surface area contributed by atoms with Crippen molar-refractivity contribution >= 4 is 11.0 Å². The van der Waals surface area contributed by atoms with E-state index in [2.05, 4.69) is 10.2 Å². The summed E-state index contributed by atoms with van der Waals surface area (Å²) < 4.78 is 19.5. The molecule has 4 nitrogen and oxygen atoms in total. The highest BCUT2D eigenvalue weighted by Gasteiger charge is 2.09. The van der Waals surface area contributed by atoms with E-state index in [1.165, 1.54) is 12.1 Å². The number of fused-ring (bicyclic) bond motifs is 1. The first kappa shape index (κ1) is 9.22. The van der Waals surface area contributed by atoms with Gasteiger partial charge in [0.05, 0.1) is 0 Å². The van der Waals surface area contributed by atoms with E-state index in [0.717, 1.165) is 0 Å². The Hall–Kier alpha value is -2.75. The van der Waals surface area contributed by atoms with Crippen LogP contribution >= 0.6 is 0 Å². The molecule has 2 aromatic carbocycles. The van der Waals surface area contributed by atoms with Crippen molar-refractivity contribution < 1.29 is 14.6 Å². The standard InChI is InChI=1S/C15H10O4/c16-10-6-4-9(5-7-10)14-8-12(18)15-11(17)2-1-3-13(15)19-14/h1-8,16-17H/i/hD2. The molecule has 0 unspecified atom stereocenters. The summed E-state index contributed by atoms with van der Waals surface area (Å²) in [5, 5.41) is 9.02. The van der Waals surface area contributed by atoms with E-state index in [4.69, 9.17) is 7.28 Å². The number of benzene rings is 2. The smallest absolute Gasteiger partial charge is 0.293 e. The molecule has 0 atom stereocenters. The van der Waals surface area contributed by atoms with Crippen LogP contribution in [0.25, 0.3) is 22.3 Å². The normalized spacial score (nSPS) is 11.8. The van der Waals surface area contributed by atoms with Crippen LogP contribution < -0.4 is 5.43 Å². The molecule has 3 rings (SSSR count). The molecular formula is C15H10O4. The maximum atomic E-state index is 12.2. The summed E-state index contributed by atoms with van der Waals surface area (Å²) in [6, 6.07) is 12.8. The van der Waals surface area contributed by atoms with Crippen LogP contribution in [0.1, 0.15) is 0 Å². The van der Waals surface area contributed by atoms with E-state index in [-0.39, 0.29) is 16.6 Å². The van der Waals surface area contributed by atoms with E-state index in [0.29, 0.717) is 22.7 Å². The van der Waals surface area contributed by atoms with Gasteiger partial charge in [-0.15, -0.1) is 0 Å². The summed E-state index contributed by atoms with van der Waals surface area (Å²) in [6.07, 6.45) is 0. The third-order valence-corrected chi connectivity index (χ3v) is 2.86. The van der Waals surface area contributed by atoms with Crippen molar-refractivity contribution in [2.45, 2.75) is 0 Å². The lowest BCUT2D eigenvalue weighted by atomic mass is 10.1. The predicted molar refractivity (Wildman–Crippen MR) is 71.2 cm³/mol. The highest BCUT2D eigenvalue weighted by molar-refractivity contribution is 5.84. The predicted octanol–water partition coefficient (Wildman–Crippen LogP) is 2.87. The number of phenols is 2. The van der Waals surface area contributed by atoms with Gasteiger partial charge in [0, 0.05) is 11.6 Å². The molecule has 0 amide bonds. The van der Waals surface area contributed by atoms with Gasteiger partial charge in [-0.3, -0.25) is 4.79 Å². The van der Waals surface area contributed by atoms with Crippen molar-refractivity contribution in [3.05, 3.63) is 58.8 Å². The van der Waals surface area contributed by atoms with E-state index in [1.54, 1.807) is 36.4 Å². The molecule has 3 aromatic rings. The van der Waals surface area contributed by atoms with Crippen molar-refractivity contribution in [1.29, 1.82) is 2.86 Å². The van der Waals surface area contributed by atoms with Crippen molar-refractivity contribution in [2.24, 2.45) is 0 Å². The van der Waals surface area contributed by atoms with E-state index in [1.807, 2.05) is 0 Å². The quantitative estimate of drug-likeness (QED) is 0.755. The molecule has 0 aliphatic carbocycles. The van der Waals surface area contributed by atoms with Crippen LogP contribution in [0, 0.1) is 0 Å². The van der Waals surface area contributed by atoms with Gasteiger partial charge in [0.2, 0.25) is 0 Å². The maximum absolute atomic E-state index is 12.2. The molecule has 0 saturated heterocycles. The van der Waals surface area contributed by atoms with Crippen LogP contribution in [0.2, 0.25) is 0 Å². The average Bonchev–Trinajstić information content (AvgIpc) is 2.54. The van der Waals surface area contributed by atoms with Crippen molar-refractivity contribution in [3.63, 3.8) is 0 Å². The zero-order valence-electron chi connectivity index (χ0n) is 11.8. The third-order valence-electron chi connectivity index (χ3n) is 2.86. The Labute approximate surface area is 111 Å². The highest BCUT2D eigenvalue weighted by atomic mass is 16.3. The summed E-state index contributed by atoms with van der Waals surface area (Å²) in [5.74, 6) is 0.948. The Morgan fingerprint density at radius 2 is 1.89 bits per heavy atom. The number of hydrogen-bond donors (Lipinski definition) is 2. The lowest BCUT2D eigenvalue weighted by molar-refractivity contribution is 0.475. The van der Waals surface area contributed by atoms with Crippen molar-refractivity contribution in [3.8, 4) is 22.8 Å². The van der Waals surface area contributed by atoms with Gasteiger partial charge < -0.3 is 14.6 Å². The molecule has 4 heteroatoms. The van der Waals surface area contributed by atoms with Gasteiger partial charge in [0.1, 0.15) is 28.2 Å². The molecule has 19 heavy (non-hydrogen) atoms. The second-order valence-corrected chi connectivity index (χ2v) is 4.13. The summed E-state index contributed by atoms with van der Waals surface area (Å²) in [4.78, 5) is 12.2. The summed E-state index contributed by atoms with van der Waals surface area (Å²) in [7, 11) is 0. The van der Waals surface area contributed by atoms with Crippen LogP contribution in [-0.2, 0) is 0 Å². The minimum atomic E-state index is -0.282. The first-order chi connectivity index (χ1) is 10.2. The Kier molecular flexibility index (Phi) is 2.02. The fraction of sp³-hybridized carbons (Fsp3) is 0. The number of rotatable bonds is 3. The van der Waals surface area contributed by atoms with Crippen molar-refractivity contribution in [2.75, 3.05) is 0 Å². The van der Waals surface area contributed by atoms with Gasteiger partial charge in [-0.25, -0.2) is 0 Å². The van der Waals surface area contributed by atoms with Gasteiger partial charge in [-0.05, 0) is 36.4 Å². The zero-order valence-corrected chi connectivity index (χ0v) is 9.75. The molecule has 1 heterocycles. The van der Waals surface area contributed by atoms with Crippen LogP contribution in [0.4, 0.5) is 0 Å². The molecule has 0 saturated carbocycles. The van der Waals surface area contributed by atoms with E-state index in [9.17, 15) is 4.79 Å². The van der Waals surface area contributed by atoms with Crippen LogP contribution in [-0.4, -0.2) is 13.1 Å². The third kappa shape index (κ3) is 1.93. The molecule has 0 radical (unpaired) electrons. The maximum Gasteiger partial charge on any atom is 0.293 e. The number of aromatic hydroxyl groups is 2. The fourth-order valence-electron chi connectivity index (χ4n) is 1.94. The molecule has 0 bridgehead atoms. The zero-order chi connectivity index (χ0) is 14.8. The number of hydrogen-bond acceptors (Lipinski definition) is 4. The van der Waals surface area contributed by atoms with Gasteiger partial charge in [0.15, 0.2) is 5.43 Å². The molecule has 2 N–H and O–H groups in total. The van der Waals surface area contributed by atoms with E-state index >= 15 is 0 Å². The molecule has 94 valence electrons. The van der Waals surface area contributed by atoms with Crippen LogP contribution in [0.15, 0.2) is 57.7 Å². The summed E-state index contributed by atoms with van der Waals surface area (Å²) in [6.45, 7) is 0. The SMILES string of the molecule is [2H]Oc1ccc(-c2cc(=O)c3c(O[2H])cccc3o2)cc1. The molecule has 0 aliphatic rings. The van der Waals surface area contributed by atoms with Crippen molar-refractivity contribution in [1.82, 2.24) is 0 Å². The highest BCUT2D eigenvalue weighted by Crippen LogP contribution is 2.27. The second kappa shape index (κ2) is 4.17. The van der Waals surface area contributed by atoms with Gasteiger partial charge in [0.25, 0.3) is 2.86 Å². The first-order valence-corrected chi connectivity index (χ1v) is 5.66. The Bertz CT molecular complexity index is 840. The molecule has 0 aliphatic heterocycles. The minimum absolute atomic E-state index is 0.158. The molecular weight excluding hydrogens is 244 g/mol. The molecule has 0 fully saturated rings. The Balaban J connectivity index is 2.18. The minimum Gasteiger partial charge on any atom is -0.508 e. The monoisotopic (exact) mass is 256 g/mol. The van der Waals surface area contributed by atoms with E-state index < -0.39 is 0 Å². The topological polar surface area (TPSA) is 70.7 Å². The second-order valence-electron chi connectivity index (χ2n) is 4.13. The Morgan fingerprint density at radius 3 is 2.63 bits per heavy atom. The summed E-state index contributed by atoms with van der Waals surface area (Å²) >= 11 is 0. The lowest BCUT2D eigenvalue weighted by Gasteiger charge is -2.04.